The maximum atomic E-state index is 10.4. The van der Waals surface area contributed by atoms with Gasteiger partial charge in [0.25, 0.3) is 0 Å². The lowest BCUT2D eigenvalue weighted by Gasteiger charge is -2.52. The van der Waals surface area contributed by atoms with E-state index in [0.29, 0.717) is 23.7 Å². The third-order valence-corrected chi connectivity index (χ3v) is 7.08. The second-order valence-corrected chi connectivity index (χ2v) is 6.83. The van der Waals surface area contributed by atoms with Gasteiger partial charge in [-0.25, -0.2) is 0 Å². The van der Waals surface area contributed by atoms with Gasteiger partial charge in [0, 0.05) is 11.8 Å². The molecular weight excluding hydrogens is 204 g/mol. The molecule has 0 aromatic rings. The number of aliphatic hydroxyl groups excluding tert-OH is 1. The van der Waals surface area contributed by atoms with E-state index in [9.17, 15) is 5.11 Å². The van der Waals surface area contributed by atoms with Crippen LogP contribution >= 0.6 is 0 Å². The summed E-state index contributed by atoms with van der Waals surface area (Å²) in [5.41, 5.74) is 0. The fourth-order valence-corrected chi connectivity index (χ4v) is 7.27. The predicted octanol–water partition coefficient (Wildman–Crippen LogP) is 0.478. The van der Waals surface area contributed by atoms with Crippen molar-refractivity contribution in [1.82, 2.24) is 0 Å². The molecule has 6 aliphatic rings. The molecule has 5 saturated carbocycles. The van der Waals surface area contributed by atoms with Crippen LogP contribution < -0.4 is 0 Å². The molecule has 3 heteroatoms. The van der Waals surface area contributed by atoms with E-state index < -0.39 is 0 Å². The lowest BCUT2D eigenvalue weighted by atomic mass is 9.57. The topological polar surface area (TPSA) is 38.7 Å². The number of ether oxygens (including phenoxy) is 2. The first kappa shape index (κ1) is 8.06. The minimum Gasteiger partial charge on any atom is -0.393 e. The van der Waals surface area contributed by atoms with E-state index >= 15 is 0 Å². The summed E-state index contributed by atoms with van der Waals surface area (Å²) in [7, 11) is 0. The van der Waals surface area contributed by atoms with Crippen molar-refractivity contribution in [2.75, 3.05) is 13.2 Å². The Bertz CT molecular complexity index is 402. The Hall–Kier alpha value is -0.120. The normalized spacial score (nSPS) is 74.4. The zero-order valence-electron chi connectivity index (χ0n) is 9.08. The van der Waals surface area contributed by atoms with E-state index in [1.165, 1.54) is 6.42 Å². The van der Waals surface area contributed by atoms with Gasteiger partial charge in [0.05, 0.1) is 19.3 Å². The minimum atomic E-state index is -0.231. The molecule has 0 aromatic carbocycles. The van der Waals surface area contributed by atoms with Crippen molar-refractivity contribution in [1.29, 1.82) is 0 Å². The van der Waals surface area contributed by atoms with Crippen LogP contribution in [0.4, 0.5) is 0 Å². The van der Waals surface area contributed by atoms with E-state index in [0.717, 1.165) is 36.9 Å². The molecule has 0 aromatic heterocycles. The Morgan fingerprint density at radius 1 is 0.875 bits per heavy atom. The average molecular weight is 220 g/mol. The molecule has 2 bridgehead atoms. The molecule has 16 heavy (non-hydrogen) atoms. The average Bonchev–Trinajstić information content (AvgIpc) is 2.87. The van der Waals surface area contributed by atoms with Crippen molar-refractivity contribution in [2.24, 2.45) is 47.3 Å². The largest absolute Gasteiger partial charge is 0.393 e. The summed E-state index contributed by atoms with van der Waals surface area (Å²) in [6.45, 7) is 1.55. The maximum absolute atomic E-state index is 10.4. The molecule has 6 fully saturated rings. The highest BCUT2D eigenvalue weighted by molar-refractivity contribution is 5.33. The van der Waals surface area contributed by atoms with E-state index in [1.54, 1.807) is 0 Å². The molecule has 1 aliphatic heterocycles. The van der Waals surface area contributed by atoms with Crippen molar-refractivity contribution in [3.63, 3.8) is 0 Å². The molecule has 3 nitrogen and oxygen atoms in total. The summed E-state index contributed by atoms with van der Waals surface area (Å²) in [5, 5.41) is 10.4. The molecule has 1 heterocycles. The lowest BCUT2D eigenvalue weighted by molar-refractivity contribution is -0.277. The van der Waals surface area contributed by atoms with Crippen LogP contribution in [0.2, 0.25) is 0 Å². The van der Waals surface area contributed by atoms with Gasteiger partial charge in [-0.2, -0.15) is 0 Å². The standard InChI is InChI=1S/C13H16O3/c14-12-8-4-3-5-7-6(4)9(12)11(7)13(10(5)8)15-1-2-16-13/h4-12,14H,1-3H2/t4-,5-,6+,7+,8+,9+,10+,11-,12+/m0/s1. The molecule has 0 amide bonds. The van der Waals surface area contributed by atoms with Gasteiger partial charge in [0.2, 0.25) is 0 Å². The van der Waals surface area contributed by atoms with Crippen LogP contribution in [0.5, 0.6) is 0 Å². The zero-order valence-corrected chi connectivity index (χ0v) is 9.08. The van der Waals surface area contributed by atoms with Crippen molar-refractivity contribution < 1.29 is 14.6 Å². The maximum Gasteiger partial charge on any atom is 0.175 e. The van der Waals surface area contributed by atoms with E-state index in [4.69, 9.17) is 9.47 Å². The molecule has 1 saturated heterocycles. The third kappa shape index (κ3) is 0.485. The van der Waals surface area contributed by atoms with Gasteiger partial charge in [-0.3, -0.25) is 0 Å². The number of aliphatic hydroxyl groups is 1. The van der Waals surface area contributed by atoms with Gasteiger partial charge in [-0.1, -0.05) is 0 Å². The fourth-order valence-electron chi connectivity index (χ4n) is 7.27. The van der Waals surface area contributed by atoms with Gasteiger partial charge in [0.15, 0.2) is 5.79 Å². The van der Waals surface area contributed by atoms with Crippen molar-refractivity contribution in [3.8, 4) is 0 Å². The van der Waals surface area contributed by atoms with Gasteiger partial charge in [0.1, 0.15) is 0 Å². The van der Waals surface area contributed by atoms with E-state index in [-0.39, 0.29) is 11.9 Å². The summed E-state index contributed by atoms with van der Waals surface area (Å²) in [4.78, 5) is 0. The van der Waals surface area contributed by atoms with Crippen LogP contribution in [0.15, 0.2) is 0 Å². The molecule has 0 unspecified atom stereocenters. The lowest BCUT2D eigenvalue weighted by Crippen LogP contribution is -2.59. The van der Waals surface area contributed by atoms with Crippen LogP contribution in [0.25, 0.3) is 0 Å². The highest BCUT2D eigenvalue weighted by Gasteiger charge is 2.89. The second-order valence-electron chi connectivity index (χ2n) is 6.83. The fraction of sp³-hybridized carbons (Fsp3) is 1.00. The number of hydrogen-bond acceptors (Lipinski definition) is 3. The van der Waals surface area contributed by atoms with Crippen LogP contribution in [0, 0.1) is 47.3 Å². The molecular formula is C13H16O3. The van der Waals surface area contributed by atoms with Crippen LogP contribution in [-0.4, -0.2) is 30.2 Å². The Kier molecular flexibility index (Phi) is 1.01. The summed E-state index contributed by atoms with van der Waals surface area (Å²) in [5.74, 6) is 5.26. The Morgan fingerprint density at radius 3 is 2.50 bits per heavy atom. The zero-order chi connectivity index (χ0) is 10.2. The molecule has 5 aliphatic carbocycles. The first-order valence-corrected chi connectivity index (χ1v) is 6.80. The summed E-state index contributed by atoms with van der Waals surface area (Å²) >= 11 is 0. The first-order chi connectivity index (χ1) is 7.84. The molecule has 1 N–H and O–H groups in total. The number of fused-ring (bicyclic) bond motifs is 4. The first-order valence-electron chi connectivity index (χ1n) is 6.80. The van der Waals surface area contributed by atoms with Crippen molar-refractivity contribution >= 4 is 0 Å². The van der Waals surface area contributed by atoms with Gasteiger partial charge < -0.3 is 14.6 Å². The quantitative estimate of drug-likeness (QED) is 0.645. The highest BCUT2D eigenvalue weighted by Crippen LogP contribution is 2.86. The second kappa shape index (κ2) is 2.00. The van der Waals surface area contributed by atoms with Crippen molar-refractivity contribution in [3.05, 3.63) is 0 Å². The van der Waals surface area contributed by atoms with Crippen LogP contribution in [0.3, 0.4) is 0 Å². The monoisotopic (exact) mass is 220 g/mol. The summed E-state index contributed by atoms with van der Waals surface area (Å²) in [6.07, 6.45) is 1.34. The Balaban J connectivity index is 1.64. The van der Waals surface area contributed by atoms with Crippen molar-refractivity contribution in [2.45, 2.75) is 18.3 Å². The molecule has 0 radical (unpaired) electrons. The number of hydrogen-bond donors (Lipinski definition) is 1. The summed E-state index contributed by atoms with van der Waals surface area (Å²) in [6, 6.07) is 0. The van der Waals surface area contributed by atoms with Gasteiger partial charge >= 0.3 is 0 Å². The number of rotatable bonds is 0. The van der Waals surface area contributed by atoms with Gasteiger partial charge in [-0.15, -0.1) is 0 Å². The van der Waals surface area contributed by atoms with Gasteiger partial charge in [-0.05, 0) is 41.9 Å². The Morgan fingerprint density at radius 2 is 1.69 bits per heavy atom. The van der Waals surface area contributed by atoms with E-state index in [2.05, 4.69) is 0 Å². The SMILES string of the molecule is O[C@H]1[C@@H]2[C@@H]3[C@@H]4C[C@H]5[C@H]3[C@@H]2C2(OCCO2)[C@H]5[C@H]14. The molecule has 6 rings (SSSR count). The third-order valence-electron chi connectivity index (χ3n) is 7.08. The van der Waals surface area contributed by atoms with Crippen LogP contribution in [0.1, 0.15) is 6.42 Å². The van der Waals surface area contributed by atoms with E-state index in [1.807, 2.05) is 0 Å². The smallest absolute Gasteiger partial charge is 0.175 e. The predicted molar refractivity (Wildman–Crippen MR) is 53.2 cm³/mol. The minimum absolute atomic E-state index is 0.0211. The summed E-state index contributed by atoms with van der Waals surface area (Å²) < 4.78 is 12.2. The highest BCUT2D eigenvalue weighted by atomic mass is 16.7. The molecule has 86 valence electrons. The Labute approximate surface area is 94.1 Å². The van der Waals surface area contributed by atoms with Crippen LogP contribution in [-0.2, 0) is 9.47 Å². The molecule has 1 spiro atoms. The molecule has 9 atom stereocenters.